The van der Waals surface area contributed by atoms with Gasteiger partial charge in [0.1, 0.15) is 5.75 Å². The zero-order valence-electron chi connectivity index (χ0n) is 10.9. The van der Waals surface area contributed by atoms with Crippen LogP contribution in [0.4, 0.5) is 0 Å². The van der Waals surface area contributed by atoms with Crippen molar-refractivity contribution in [3.05, 3.63) is 24.3 Å². The summed E-state index contributed by atoms with van der Waals surface area (Å²) in [6, 6.07) is 5.30. The molecule has 7 heteroatoms. The van der Waals surface area contributed by atoms with Crippen molar-refractivity contribution < 1.29 is 23.1 Å². The summed E-state index contributed by atoms with van der Waals surface area (Å²) in [7, 11) is -0.855. The number of aromatic hydroxyl groups is 1. The van der Waals surface area contributed by atoms with Gasteiger partial charge < -0.3 is 9.84 Å². The largest absolute Gasteiger partial charge is 0.508 e. The van der Waals surface area contributed by atoms with Crippen LogP contribution in [0.25, 0.3) is 0 Å². The molecule has 0 heterocycles. The first-order chi connectivity index (χ1) is 8.87. The molecule has 0 atom stereocenters. The molecule has 0 bridgehead atoms. The highest BCUT2D eigenvalue weighted by Crippen LogP contribution is 2.18. The van der Waals surface area contributed by atoms with Gasteiger partial charge in [-0.15, -0.1) is 0 Å². The number of methoxy groups -OCH3 is 1. The molecule has 0 aromatic heterocycles. The zero-order valence-corrected chi connectivity index (χ0v) is 11.7. The van der Waals surface area contributed by atoms with E-state index in [1.807, 2.05) is 0 Å². The highest BCUT2D eigenvalue weighted by molar-refractivity contribution is 7.89. The summed E-state index contributed by atoms with van der Waals surface area (Å²) in [4.78, 5) is 11.0. The maximum Gasteiger partial charge on any atom is 0.305 e. The van der Waals surface area contributed by atoms with Crippen LogP contribution in [0.1, 0.15) is 12.8 Å². The maximum atomic E-state index is 12.1. The second kappa shape index (κ2) is 6.53. The van der Waals surface area contributed by atoms with Gasteiger partial charge in [-0.3, -0.25) is 4.79 Å². The predicted molar refractivity (Wildman–Crippen MR) is 69.2 cm³/mol. The number of rotatable bonds is 6. The maximum absolute atomic E-state index is 12.1. The Bertz CT molecular complexity index is 524. The van der Waals surface area contributed by atoms with Gasteiger partial charge in [-0.1, -0.05) is 0 Å². The van der Waals surface area contributed by atoms with E-state index >= 15 is 0 Å². The lowest BCUT2D eigenvalue weighted by Crippen LogP contribution is -2.28. The van der Waals surface area contributed by atoms with Gasteiger partial charge in [-0.25, -0.2) is 12.7 Å². The molecule has 0 spiro atoms. The molecule has 0 aliphatic heterocycles. The number of hydrogen-bond donors (Lipinski definition) is 1. The van der Waals surface area contributed by atoms with E-state index in [0.717, 1.165) is 0 Å². The molecule has 0 aliphatic rings. The first kappa shape index (κ1) is 15.5. The molecule has 1 aromatic rings. The minimum atomic E-state index is -3.59. The van der Waals surface area contributed by atoms with E-state index in [9.17, 15) is 13.2 Å². The van der Waals surface area contributed by atoms with Crippen molar-refractivity contribution in [2.75, 3.05) is 20.7 Å². The summed E-state index contributed by atoms with van der Waals surface area (Å²) < 4.78 is 29.9. The van der Waals surface area contributed by atoms with Crippen molar-refractivity contribution in [3.8, 4) is 5.75 Å². The summed E-state index contributed by atoms with van der Waals surface area (Å²) in [6.45, 7) is 0.221. The van der Waals surface area contributed by atoms with Crippen LogP contribution in [0, 0.1) is 0 Å². The van der Waals surface area contributed by atoms with Crippen LogP contribution >= 0.6 is 0 Å². The molecule has 0 fully saturated rings. The van der Waals surface area contributed by atoms with E-state index in [0.29, 0.717) is 6.42 Å². The monoisotopic (exact) mass is 287 g/mol. The number of sulfonamides is 1. The lowest BCUT2D eigenvalue weighted by Gasteiger charge is -2.16. The fraction of sp³-hybridized carbons (Fsp3) is 0.417. The number of phenols is 1. The normalized spacial score (nSPS) is 11.5. The summed E-state index contributed by atoms with van der Waals surface area (Å²) in [5.41, 5.74) is 0. The van der Waals surface area contributed by atoms with Crippen molar-refractivity contribution in [1.82, 2.24) is 4.31 Å². The first-order valence-corrected chi connectivity index (χ1v) is 7.14. The van der Waals surface area contributed by atoms with Crippen LogP contribution in [0.5, 0.6) is 5.75 Å². The fourth-order valence-electron chi connectivity index (χ4n) is 1.47. The number of phenolic OH excluding ortho intramolecular Hbond substituents is 1. The van der Waals surface area contributed by atoms with Gasteiger partial charge in [-0.2, -0.15) is 0 Å². The summed E-state index contributed by atoms with van der Waals surface area (Å²) >= 11 is 0. The average Bonchev–Trinajstić information content (AvgIpc) is 2.38. The van der Waals surface area contributed by atoms with Gasteiger partial charge in [0.05, 0.1) is 12.0 Å². The Morgan fingerprint density at radius 2 is 1.89 bits per heavy atom. The van der Waals surface area contributed by atoms with Crippen LogP contribution in [-0.4, -0.2) is 44.5 Å². The van der Waals surface area contributed by atoms with E-state index in [2.05, 4.69) is 4.74 Å². The molecule has 1 N–H and O–H groups in total. The quantitative estimate of drug-likeness (QED) is 0.788. The lowest BCUT2D eigenvalue weighted by atomic mass is 10.3. The third-order valence-electron chi connectivity index (χ3n) is 2.63. The van der Waals surface area contributed by atoms with Gasteiger partial charge in [0, 0.05) is 20.0 Å². The molecule has 1 rings (SSSR count). The smallest absolute Gasteiger partial charge is 0.305 e. The highest BCUT2D eigenvalue weighted by atomic mass is 32.2. The van der Waals surface area contributed by atoms with E-state index < -0.39 is 10.0 Å². The number of hydrogen-bond acceptors (Lipinski definition) is 5. The van der Waals surface area contributed by atoms with Gasteiger partial charge >= 0.3 is 5.97 Å². The molecule has 0 saturated carbocycles. The molecule has 0 saturated heterocycles. The van der Waals surface area contributed by atoms with Crippen molar-refractivity contribution in [2.24, 2.45) is 0 Å². The Labute approximate surface area is 112 Å². The molecule has 0 aliphatic carbocycles. The molecule has 0 amide bonds. The number of carbonyl (C=O) groups excluding carboxylic acids is 1. The fourth-order valence-corrected chi connectivity index (χ4v) is 2.68. The van der Waals surface area contributed by atoms with Gasteiger partial charge in [0.15, 0.2) is 0 Å². The standard InChI is InChI=1S/C12H17NO5S/c1-13(9-3-4-12(15)18-2)19(16,17)11-7-5-10(14)6-8-11/h5-8,14H,3-4,9H2,1-2H3. The third-order valence-corrected chi connectivity index (χ3v) is 4.50. The number of esters is 1. The first-order valence-electron chi connectivity index (χ1n) is 5.70. The van der Waals surface area contributed by atoms with Crippen molar-refractivity contribution in [2.45, 2.75) is 17.7 Å². The Balaban J connectivity index is 2.67. The summed E-state index contributed by atoms with van der Waals surface area (Å²) in [5.74, 6) is -0.359. The van der Waals surface area contributed by atoms with E-state index in [1.54, 1.807) is 0 Å². The minimum Gasteiger partial charge on any atom is -0.508 e. The van der Waals surface area contributed by atoms with Gasteiger partial charge in [-0.05, 0) is 30.7 Å². The van der Waals surface area contributed by atoms with Crippen LogP contribution < -0.4 is 0 Å². The topological polar surface area (TPSA) is 83.9 Å². The zero-order chi connectivity index (χ0) is 14.5. The number of carbonyl (C=O) groups is 1. The minimum absolute atomic E-state index is 0.00675. The Morgan fingerprint density at radius 3 is 2.42 bits per heavy atom. The van der Waals surface area contributed by atoms with Crippen LogP contribution in [0.15, 0.2) is 29.2 Å². The van der Waals surface area contributed by atoms with Crippen molar-refractivity contribution >= 4 is 16.0 Å². The second-order valence-corrected chi connectivity index (χ2v) is 6.05. The second-order valence-electron chi connectivity index (χ2n) is 4.00. The predicted octanol–water partition coefficient (Wildman–Crippen LogP) is 0.966. The molecule has 0 unspecified atom stereocenters. The third kappa shape index (κ3) is 4.22. The number of ether oxygens (including phenoxy) is 1. The SMILES string of the molecule is COC(=O)CCCN(C)S(=O)(=O)c1ccc(O)cc1. The van der Waals surface area contributed by atoms with Crippen LogP contribution in [0.3, 0.4) is 0 Å². The Hall–Kier alpha value is -1.60. The molecule has 6 nitrogen and oxygen atoms in total. The molecular formula is C12H17NO5S. The van der Waals surface area contributed by atoms with Gasteiger partial charge in [0.2, 0.25) is 10.0 Å². The van der Waals surface area contributed by atoms with Crippen LogP contribution in [0.2, 0.25) is 0 Å². The molecule has 106 valence electrons. The average molecular weight is 287 g/mol. The molecular weight excluding hydrogens is 270 g/mol. The summed E-state index contributed by atoms with van der Waals surface area (Å²) in [5, 5.41) is 9.13. The van der Waals surface area contributed by atoms with E-state index in [4.69, 9.17) is 5.11 Å². The van der Waals surface area contributed by atoms with Crippen molar-refractivity contribution in [1.29, 1.82) is 0 Å². The van der Waals surface area contributed by atoms with Crippen LogP contribution in [-0.2, 0) is 19.6 Å². The van der Waals surface area contributed by atoms with E-state index in [-0.39, 0.29) is 29.6 Å². The molecule has 19 heavy (non-hydrogen) atoms. The Kier molecular flexibility index (Phi) is 5.31. The lowest BCUT2D eigenvalue weighted by molar-refractivity contribution is -0.140. The van der Waals surface area contributed by atoms with Gasteiger partial charge in [0.25, 0.3) is 0 Å². The summed E-state index contributed by atoms with van der Waals surface area (Å²) in [6.07, 6.45) is 0.562. The Morgan fingerprint density at radius 1 is 1.32 bits per heavy atom. The molecule has 1 aromatic carbocycles. The number of benzene rings is 1. The highest BCUT2D eigenvalue weighted by Gasteiger charge is 2.20. The number of nitrogens with zero attached hydrogens (tertiary/aromatic N) is 1. The van der Waals surface area contributed by atoms with Crippen molar-refractivity contribution in [3.63, 3.8) is 0 Å². The molecule has 0 radical (unpaired) electrons. The van der Waals surface area contributed by atoms with E-state index in [1.165, 1.54) is 42.7 Å².